The van der Waals surface area contributed by atoms with Crippen LogP contribution >= 0.6 is 11.5 Å². The van der Waals surface area contributed by atoms with Crippen molar-refractivity contribution in [2.24, 2.45) is 0 Å². The summed E-state index contributed by atoms with van der Waals surface area (Å²) in [7, 11) is 0. The number of nitrogens with one attached hydrogen (secondary N) is 1. The maximum Gasteiger partial charge on any atom is 0.0669 e. The molecule has 0 aliphatic rings. The molecule has 0 bridgehead atoms. The topological polar surface area (TPSA) is 50.7 Å². The van der Waals surface area contributed by atoms with Gasteiger partial charge in [-0.15, -0.1) is 5.10 Å². The SMILES string of the molecule is CCCNC(Cc1ccc(CC)cn1)c1cnns1. The molecule has 2 rings (SSSR count). The van der Waals surface area contributed by atoms with E-state index in [0.29, 0.717) is 0 Å². The van der Waals surface area contributed by atoms with E-state index in [4.69, 9.17) is 0 Å². The normalized spacial score (nSPS) is 12.5. The van der Waals surface area contributed by atoms with Crippen molar-refractivity contribution in [1.29, 1.82) is 0 Å². The first-order valence-electron chi connectivity index (χ1n) is 6.78. The first kappa shape index (κ1) is 14.1. The molecule has 0 fully saturated rings. The van der Waals surface area contributed by atoms with Crippen molar-refractivity contribution < 1.29 is 0 Å². The Morgan fingerprint density at radius 2 is 2.16 bits per heavy atom. The van der Waals surface area contributed by atoms with E-state index in [1.165, 1.54) is 22.0 Å². The molecular weight excluding hydrogens is 256 g/mol. The van der Waals surface area contributed by atoms with Gasteiger partial charge in [0.05, 0.1) is 17.1 Å². The molecule has 1 atom stereocenters. The van der Waals surface area contributed by atoms with Crippen LogP contribution in [0.3, 0.4) is 0 Å². The molecule has 5 heteroatoms. The van der Waals surface area contributed by atoms with Gasteiger partial charge in [-0.05, 0) is 42.5 Å². The van der Waals surface area contributed by atoms with Crippen molar-refractivity contribution in [3.63, 3.8) is 0 Å². The third-order valence-corrected chi connectivity index (χ3v) is 3.85. The van der Waals surface area contributed by atoms with Gasteiger partial charge in [-0.25, -0.2) is 0 Å². The van der Waals surface area contributed by atoms with E-state index in [2.05, 4.69) is 45.9 Å². The fraction of sp³-hybridized carbons (Fsp3) is 0.500. The molecule has 0 saturated carbocycles. The Morgan fingerprint density at radius 3 is 2.74 bits per heavy atom. The average Bonchev–Trinajstić information content (AvgIpc) is 2.98. The minimum absolute atomic E-state index is 0.264. The van der Waals surface area contributed by atoms with Crippen LogP contribution in [0.25, 0.3) is 0 Å². The van der Waals surface area contributed by atoms with Gasteiger partial charge in [0.25, 0.3) is 0 Å². The van der Waals surface area contributed by atoms with Gasteiger partial charge < -0.3 is 5.32 Å². The van der Waals surface area contributed by atoms with E-state index in [-0.39, 0.29) is 6.04 Å². The number of pyridine rings is 1. The van der Waals surface area contributed by atoms with Crippen molar-refractivity contribution in [3.8, 4) is 0 Å². The van der Waals surface area contributed by atoms with Gasteiger partial charge in [-0.1, -0.05) is 24.4 Å². The predicted molar refractivity (Wildman–Crippen MR) is 78.3 cm³/mol. The lowest BCUT2D eigenvalue weighted by Crippen LogP contribution is -2.23. The highest BCUT2D eigenvalue weighted by Crippen LogP contribution is 2.19. The second-order valence-corrected chi connectivity index (χ2v) is 5.36. The van der Waals surface area contributed by atoms with Crippen LogP contribution in [0.5, 0.6) is 0 Å². The molecule has 102 valence electrons. The Labute approximate surface area is 118 Å². The monoisotopic (exact) mass is 276 g/mol. The number of hydrogen-bond donors (Lipinski definition) is 1. The Morgan fingerprint density at radius 1 is 1.26 bits per heavy atom. The smallest absolute Gasteiger partial charge is 0.0669 e. The van der Waals surface area contributed by atoms with Crippen molar-refractivity contribution in [2.45, 2.75) is 39.2 Å². The summed E-state index contributed by atoms with van der Waals surface area (Å²) in [6, 6.07) is 4.54. The van der Waals surface area contributed by atoms with E-state index >= 15 is 0 Å². The van der Waals surface area contributed by atoms with Crippen LogP contribution in [0.15, 0.2) is 24.5 Å². The molecule has 2 aromatic rings. The van der Waals surface area contributed by atoms with Crippen LogP contribution in [0.1, 0.15) is 42.4 Å². The molecule has 4 nitrogen and oxygen atoms in total. The second kappa shape index (κ2) is 7.31. The number of rotatable bonds is 7. The third-order valence-electron chi connectivity index (χ3n) is 3.07. The maximum atomic E-state index is 4.53. The first-order chi connectivity index (χ1) is 9.33. The molecule has 0 radical (unpaired) electrons. The standard InChI is InChI=1S/C14H20N4S/c1-3-7-15-13(14-10-17-18-19-14)8-12-6-5-11(4-2)9-16-12/h5-6,9-10,13,15H,3-4,7-8H2,1-2H3. The molecule has 0 aliphatic carbocycles. The lowest BCUT2D eigenvalue weighted by Gasteiger charge is -2.15. The first-order valence-corrected chi connectivity index (χ1v) is 7.55. The number of nitrogens with zero attached hydrogens (tertiary/aromatic N) is 3. The number of aryl methyl sites for hydroxylation is 1. The Balaban J connectivity index is 2.06. The second-order valence-electron chi connectivity index (χ2n) is 4.54. The van der Waals surface area contributed by atoms with Crippen LogP contribution in [-0.4, -0.2) is 21.1 Å². The summed E-state index contributed by atoms with van der Waals surface area (Å²) >= 11 is 1.46. The lowest BCUT2D eigenvalue weighted by molar-refractivity contribution is 0.531. The zero-order valence-corrected chi connectivity index (χ0v) is 12.3. The highest BCUT2D eigenvalue weighted by Gasteiger charge is 2.14. The van der Waals surface area contributed by atoms with Gasteiger partial charge in [-0.2, -0.15) is 0 Å². The molecule has 2 aromatic heterocycles. The third kappa shape index (κ3) is 4.08. The predicted octanol–water partition coefficient (Wildman–Crippen LogP) is 2.78. The van der Waals surface area contributed by atoms with Gasteiger partial charge in [0.15, 0.2) is 0 Å². The van der Waals surface area contributed by atoms with Crippen LogP contribution in [0.4, 0.5) is 0 Å². The van der Waals surface area contributed by atoms with Gasteiger partial charge in [0.2, 0.25) is 0 Å². The zero-order valence-electron chi connectivity index (χ0n) is 11.5. The fourth-order valence-corrected chi connectivity index (χ4v) is 2.49. The van der Waals surface area contributed by atoms with Crippen LogP contribution in [0.2, 0.25) is 0 Å². The van der Waals surface area contributed by atoms with Crippen LogP contribution < -0.4 is 5.32 Å². The van der Waals surface area contributed by atoms with E-state index in [1.54, 1.807) is 0 Å². The van der Waals surface area contributed by atoms with E-state index in [1.807, 2.05) is 12.4 Å². The highest BCUT2D eigenvalue weighted by molar-refractivity contribution is 7.05. The zero-order chi connectivity index (χ0) is 13.5. The number of aromatic nitrogens is 3. The Bertz CT molecular complexity index is 467. The van der Waals surface area contributed by atoms with E-state index < -0.39 is 0 Å². The van der Waals surface area contributed by atoms with Crippen LogP contribution in [-0.2, 0) is 12.8 Å². The van der Waals surface area contributed by atoms with Crippen LogP contribution in [0, 0.1) is 0 Å². The van der Waals surface area contributed by atoms with Crippen molar-refractivity contribution in [1.82, 2.24) is 19.9 Å². The molecule has 1 N–H and O–H groups in total. The van der Waals surface area contributed by atoms with E-state index in [9.17, 15) is 0 Å². The largest absolute Gasteiger partial charge is 0.309 e. The molecule has 0 aliphatic heterocycles. The highest BCUT2D eigenvalue weighted by atomic mass is 32.1. The van der Waals surface area contributed by atoms with Crippen molar-refractivity contribution in [2.75, 3.05) is 6.54 Å². The number of hydrogen-bond acceptors (Lipinski definition) is 5. The fourth-order valence-electron chi connectivity index (χ4n) is 1.91. The van der Waals surface area contributed by atoms with Gasteiger partial charge in [-0.3, -0.25) is 4.98 Å². The summed E-state index contributed by atoms with van der Waals surface area (Å²) in [6.07, 6.45) is 6.85. The molecule has 2 heterocycles. The summed E-state index contributed by atoms with van der Waals surface area (Å²) < 4.78 is 3.95. The lowest BCUT2D eigenvalue weighted by atomic mass is 10.1. The minimum atomic E-state index is 0.264. The average molecular weight is 276 g/mol. The molecule has 1 unspecified atom stereocenters. The van der Waals surface area contributed by atoms with Gasteiger partial charge in [0.1, 0.15) is 0 Å². The maximum absolute atomic E-state index is 4.53. The molecule has 0 spiro atoms. The summed E-state index contributed by atoms with van der Waals surface area (Å²) in [5, 5.41) is 7.47. The molecule has 19 heavy (non-hydrogen) atoms. The van der Waals surface area contributed by atoms with Crippen molar-refractivity contribution in [3.05, 3.63) is 40.7 Å². The van der Waals surface area contributed by atoms with E-state index in [0.717, 1.165) is 31.5 Å². The summed E-state index contributed by atoms with van der Waals surface area (Å²) in [5.74, 6) is 0. The quantitative estimate of drug-likeness (QED) is 0.845. The Hall–Kier alpha value is -1.33. The molecule has 0 saturated heterocycles. The molecule has 0 aromatic carbocycles. The summed E-state index contributed by atoms with van der Waals surface area (Å²) in [5.41, 5.74) is 2.39. The minimum Gasteiger partial charge on any atom is -0.309 e. The van der Waals surface area contributed by atoms with Crippen molar-refractivity contribution >= 4 is 11.5 Å². The Kier molecular flexibility index (Phi) is 5.42. The summed E-state index contributed by atoms with van der Waals surface area (Å²) in [6.45, 7) is 5.31. The molecule has 0 amide bonds. The van der Waals surface area contributed by atoms with Gasteiger partial charge in [0, 0.05) is 18.3 Å². The molecular formula is C14H20N4S. The van der Waals surface area contributed by atoms with Gasteiger partial charge >= 0.3 is 0 Å². The summed E-state index contributed by atoms with van der Waals surface area (Å²) in [4.78, 5) is 5.71.